The van der Waals surface area contributed by atoms with Crippen molar-refractivity contribution in [3.63, 3.8) is 0 Å². The number of aliphatic carboxylic acids is 1. The summed E-state index contributed by atoms with van der Waals surface area (Å²) >= 11 is 0. The lowest BCUT2D eigenvalue weighted by atomic mass is 10.2. The van der Waals surface area contributed by atoms with Crippen LogP contribution in [0.4, 0.5) is 0 Å². The number of carbonyl (C=O) groups excluding carboxylic acids is 2. The predicted octanol–water partition coefficient (Wildman–Crippen LogP) is -1.87. The minimum Gasteiger partial charge on any atom is -0.476 e. The summed E-state index contributed by atoms with van der Waals surface area (Å²) in [5.41, 5.74) is 0.960. The largest absolute Gasteiger partial charge is 0.476 e. The van der Waals surface area contributed by atoms with Gasteiger partial charge in [0.15, 0.2) is 0 Å². The van der Waals surface area contributed by atoms with Crippen LogP contribution in [0.25, 0.3) is 0 Å². The molecular formula is C4H2N2O4. The van der Waals surface area contributed by atoms with Crippen LogP contribution in [0.2, 0.25) is 0 Å². The van der Waals surface area contributed by atoms with Crippen molar-refractivity contribution in [1.29, 1.82) is 0 Å². The van der Waals surface area contributed by atoms with Crippen molar-refractivity contribution in [2.24, 2.45) is 5.10 Å². The number of Topliss-reactive ketones (excluding diaryl/α,β-unsaturated/α-hetero) is 1. The fourth-order valence-corrected chi connectivity index (χ4v) is 0.461. The number of carbonyl (C=O) groups is 3. The number of carboxylic acids is 1. The molecule has 0 aromatic rings. The van der Waals surface area contributed by atoms with Crippen molar-refractivity contribution < 1.29 is 19.5 Å². The number of rotatable bonds is 1. The zero-order chi connectivity index (χ0) is 7.72. The van der Waals surface area contributed by atoms with Crippen LogP contribution in [0.1, 0.15) is 0 Å². The van der Waals surface area contributed by atoms with Crippen LogP contribution in [0.3, 0.4) is 0 Å². The van der Waals surface area contributed by atoms with E-state index in [0.29, 0.717) is 0 Å². The highest BCUT2D eigenvalue weighted by atomic mass is 16.4. The van der Waals surface area contributed by atoms with E-state index in [9.17, 15) is 14.4 Å². The van der Waals surface area contributed by atoms with Crippen molar-refractivity contribution >= 4 is 23.4 Å². The van der Waals surface area contributed by atoms with E-state index in [-0.39, 0.29) is 0 Å². The third kappa shape index (κ3) is 0.750. The summed E-state index contributed by atoms with van der Waals surface area (Å²) in [6, 6.07) is 0. The van der Waals surface area contributed by atoms with Gasteiger partial charge in [0.1, 0.15) is 0 Å². The van der Waals surface area contributed by atoms with Crippen molar-refractivity contribution in [3.8, 4) is 0 Å². The van der Waals surface area contributed by atoms with Crippen LogP contribution in [0, 0.1) is 0 Å². The molecule has 1 rings (SSSR count). The Kier molecular flexibility index (Phi) is 1.22. The first-order valence-electron chi connectivity index (χ1n) is 2.28. The third-order valence-corrected chi connectivity index (χ3v) is 0.893. The number of hydrazone groups is 1. The molecule has 0 spiro atoms. The van der Waals surface area contributed by atoms with Gasteiger partial charge in [0.2, 0.25) is 5.71 Å². The Morgan fingerprint density at radius 1 is 1.50 bits per heavy atom. The SMILES string of the molecule is O=C(O)C1=NNC(=O)C1=O. The molecule has 0 aromatic carbocycles. The lowest BCUT2D eigenvalue weighted by molar-refractivity contribution is -0.135. The fourth-order valence-electron chi connectivity index (χ4n) is 0.461. The first kappa shape index (κ1) is 6.40. The van der Waals surface area contributed by atoms with Gasteiger partial charge in [0.25, 0.3) is 5.78 Å². The quantitative estimate of drug-likeness (QED) is 0.419. The van der Waals surface area contributed by atoms with E-state index in [1.807, 2.05) is 0 Å². The lowest BCUT2D eigenvalue weighted by Gasteiger charge is -1.81. The van der Waals surface area contributed by atoms with E-state index in [4.69, 9.17) is 5.11 Å². The van der Waals surface area contributed by atoms with Gasteiger partial charge in [-0.3, -0.25) is 9.59 Å². The highest BCUT2D eigenvalue weighted by Gasteiger charge is 2.31. The van der Waals surface area contributed by atoms with Crippen molar-refractivity contribution in [2.75, 3.05) is 0 Å². The zero-order valence-corrected chi connectivity index (χ0v) is 4.62. The van der Waals surface area contributed by atoms with Crippen molar-refractivity contribution in [1.82, 2.24) is 5.43 Å². The van der Waals surface area contributed by atoms with E-state index in [2.05, 4.69) is 5.10 Å². The average Bonchev–Trinajstić information content (AvgIpc) is 2.14. The standard InChI is InChI=1S/C4H2N2O4/c7-2-1(4(9)10)5-6-3(2)8/h(H,9,10)(H,6,7,8). The maximum absolute atomic E-state index is 10.4. The smallest absolute Gasteiger partial charge is 0.360 e. The molecule has 0 unspecified atom stereocenters. The summed E-state index contributed by atoms with van der Waals surface area (Å²) in [4.78, 5) is 30.7. The average molecular weight is 142 g/mol. The van der Waals surface area contributed by atoms with Crippen LogP contribution in [0.15, 0.2) is 5.10 Å². The Balaban J connectivity index is 2.92. The molecule has 0 fully saturated rings. The van der Waals surface area contributed by atoms with Gasteiger partial charge in [-0.15, -0.1) is 0 Å². The van der Waals surface area contributed by atoms with Gasteiger partial charge in [0.05, 0.1) is 0 Å². The van der Waals surface area contributed by atoms with Gasteiger partial charge in [-0.1, -0.05) is 0 Å². The second-order valence-electron chi connectivity index (χ2n) is 1.54. The highest BCUT2D eigenvalue weighted by molar-refractivity contribution is 6.79. The summed E-state index contributed by atoms with van der Waals surface area (Å²) in [7, 11) is 0. The molecule has 0 aliphatic carbocycles. The van der Waals surface area contributed by atoms with Gasteiger partial charge in [-0.2, -0.15) is 5.10 Å². The van der Waals surface area contributed by atoms with Gasteiger partial charge in [0, 0.05) is 0 Å². The summed E-state index contributed by atoms with van der Waals surface area (Å²) in [6.07, 6.45) is 0. The van der Waals surface area contributed by atoms with Crippen LogP contribution in [0.5, 0.6) is 0 Å². The van der Waals surface area contributed by atoms with Gasteiger partial charge in [-0.25, -0.2) is 10.2 Å². The second kappa shape index (κ2) is 1.90. The number of ketones is 1. The van der Waals surface area contributed by atoms with Crippen LogP contribution >= 0.6 is 0 Å². The third-order valence-electron chi connectivity index (χ3n) is 0.893. The number of carboxylic acid groups (broad SMARTS) is 1. The fraction of sp³-hybridized carbons (Fsp3) is 0. The summed E-state index contributed by atoms with van der Waals surface area (Å²) < 4.78 is 0. The Bertz CT molecular complexity index is 254. The molecule has 10 heavy (non-hydrogen) atoms. The Morgan fingerprint density at radius 3 is 2.30 bits per heavy atom. The molecular weight excluding hydrogens is 140 g/mol. The molecule has 6 heteroatoms. The maximum Gasteiger partial charge on any atom is 0.360 e. The topological polar surface area (TPSA) is 95.8 Å². The monoisotopic (exact) mass is 142 g/mol. The van der Waals surface area contributed by atoms with Crippen LogP contribution < -0.4 is 5.43 Å². The highest BCUT2D eigenvalue weighted by Crippen LogP contribution is 1.89. The normalized spacial score (nSPS) is 16.6. The van der Waals surface area contributed by atoms with Crippen LogP contribution in [-0.2, 0) is 14.4 Å². The van der Waals surface area contributed by atoms with Gasteiger partial charge < -0.3 is 5.11 Å². The van der Waals surface area contributed by atoms with E-state index < -0.39 is 23.4 Å². The Labute approximate surface area is 54.5 Å². The molecule has 2 N–H and O–H groups in total. The summed E-state index contributed by atoms with van der Waals surface area (Å²) in [5, 5.41) is 11.1. The number of amides is 1. The molecule has 0 saturated heterocycles. The zero-order valence-electron chi connectivity index (χ0n) is 4.62. The molecule has 1 aliphatic heterocycles. The van der Waals surface area contributed by atoms with E-state index in [0.717, 1.165) is 0 Å². The molecule has 1 aliphatic rings. The minimum atomic E-state index is -1.50. The van der Waals surface area contributed by atoms with E-state index in [1.165, 1.54) is 0 Å². The Morgan fingerprint density at radius 2 is 2.10 bits per heavy atom. The predicted molar refractivity (Wildman–Crippen MR) is 28.2 cm³/mol. The molecule has 0 bridgehead atoms. The molecule has 6 nitrogen and oxygen atoms in total. The van der Waals surface area contributed by atoms with Crippen molar-refractivity contribution in [3.05, 3.63) is 0 Å². The van der Waals surface area contributed by atoms with Gasteiger partial charge >= 0.3 is 11.9 Å². The number of hydrogen-bond donors (Lipinski definition) is 2. The molecule has 0 aromatic heterocycles. The molecule has 0 saturated carbocycles. The van der Waals surface area contributed by atoms with Crippen molar-refractivity contribution in [2.45, 2.75) is 0 Å². The molecule has 52 valence electrons. The van der Waals surface area contributed by atoms with E-state index >= 15 is 0 Å². The second-order valence-corrected chi connectivity index (χ2v) is 1.54. The first-order chi connectivity index (χ1) is 4.63. The number of nitrogens with one attached hydrogen (secondary N) is 1. The van der Waals surface area contributed by atoms with Crippen LogP contribution in [-0.4, -0.2) is 28.5 Å². The molecule has 0 radical (unpaired) electrons. The lowest BCUT2D eigenvalue weighted by Crippen LogP contribution is -2.26. The minimum absolute atomic E-state index is 0.759. The summed E-state index contributed by atoms with van der Waals surface area (Å²) in [5.74, 6) is -3.60. The summed E-state index contributed by atoms with van der Waals surface area (Å²) in [6.45, 7) is 0. The molecule has 1 heterocycles. The molecule has 0 atom stereocenters. The number of hydrogen-bond acceptors (Lipinski definition) is 4. The maximum atomic E-state index is 10.4. The first-order valence-corrected chi connectivity index (χ1v) is 2.28. The Hall–Kier alpha value is -1.72. The number of nitrogens with zero attached hydrogens (tertiary/aromatic N) is 1. The molecule has 1 amide bonds. The van der Waals surface area contributed by atoms with E-state index in [1.54, 1.807) is 5.43 Å². The van der Waals surface area contributed by atoms with Gasteiger partial charge in [-0.05, 0) is 0 Å².